The number of carbonyl (C=O) groups is 2. The maximum absolute atomic E-state index is 13.2. The van der Waals surface area contributed by atoms with Crippen molar-refractivity contribution in [3.63, 3.8) is 0 Å². The van der Waals surface area contributed by atoms with Crippen LogP contribution in [0.5, 0.6) is 17.2 Å². The highest BCUT2D eigenvalue weighted by molar-refractivity contribution is 6.36. The summed E-state index contributed by atoms with van der Waals surface area (Å²) in [6.07, 6.45) is 2.81. The number of aromatic nitrogens is 1. The molecular weight excluding hydrogens is 469 g/mol. The second-order valence-electron chi connectivity index (χ2n) is 6.84. The molecule has 3 rings (SSSR count). The van der Waals surface area contributed by atoms with Gasteiger partial charge in [0, 0.05) is 24.4 Å². The molecule has 0 aliphatic heterocycles. The molecule has 0 aliphatic rings. The molecule has 0 fully saturated rings. The molecule has 0 saturated carbocycles. The number of carbonyl (C=O) groups excluding carboxylic acids is 2. The molecule has 0 unspecified atom stereocenters. The molecule has 7 nitrogen and oxygen atoms in total. The van der Waals surface area contributed by atoms with Crippen molar-refractivity contribution in [2.24, 2.45) is 0 Å². The number of pyridine rings is 1. The summed E-state index contributed by atoms with van der Waals surface area (Å²) in [6, 6.07) is 9.95. The van der Waals surface area contributed by atoms with Crippen LogP contribution in [-0.4, -0.2) is 38.1 Å². The standard InChI is InChI=1S/C24H21Cl2NO6/c1-30-21-9-8-16(20(28)10-17-18(25)11-27-12-19(17)26)22(23(21)31-2)33-13-14-4-6-15(7-5-14)24(29)32-3/h4-9,11-12H,10,13H2,1-3H3. The Labute approximate surface area is 201 Å². The van der Waals surface area contributed by atoms with Crippen LogP contribution in [0.3, 0.4) is 0 Å². The highest BCUT2D eigenvalue weighted by atomic mass is 35.5. The van der Waals surface area contributed by atoms with Gasteiger partial charge in [-0.2, -0.15) is 0 Å². The van der Waals surface area contributed by atoms with Crippen molar-refractivity contribution in [1.29, 1.82) is 0 Å². The van der Waals surface area contributed by atoms with E-state index in [1.807, 2.05) is 0 Å². The number of nitrogens with zero attached hydrogens (tertiary/aromatic N) is 1. The normalized spacial score (nSPS) is 10.5. The summed E-state index contributed by atoms with van der Waals surface area (Å²) in [5.74, 6) is 0.201. The largest absolute Gasteiger partial charge is 0.493 e. The SMILES string of the molecule is COC(=O)c1ccc(COc2c(C(=O)Cc3c(Cl)cncc3Cl)ccc(OC)c2OC)cc1. The number of methoxy groups -OCH3 is 3. The van der Waals surface area contributed by atoms with Crippen LogP contribution in [0.1, 0.15) is 31.8 Å². The van der Waals surface area contributed by atoms with E-state index in [1.165, 1.54) is 33.7 Å². The maximum atomic E-state index is 13.2. The monoisotopic (exact) mass is 489 g/mol. The molecule has 172 valence electrons. The molecule has 9 heteroatoms. The van der Waals surface area contributed by atoms with Crippen molar-refractivity contribution in [1.82, 2.24) is 4.98 Å². The van der Waals surface area contributed by atoms with Gasteiger partial charge in [-0.15, -0.1) is 0 Å². The van der Waals surface area contributed by atoms with Gasteiger partial charge in [0.1, 0.15) is 6.61 Å². The average molecular weight is 490 g/mol. The van der Waals surface area contributed by atoms with Crippen LogP contribution in [0.25, 0.3) is 0 Å². The van der Waals surface area contributed by atoms with E-state index in [4.69, 9.17) is 42.1 Å². The van der Waals surface area contributed by atoms with Crippen LogP contribution in [0, 0.1) is 0 Å². The maximum Gasteiger partial charge on any atom is 0.337 e. The third-order valence-electron chi connectivity index (χ3n) is 4.85. The number of esters is 1. The molecule has 0 saturated heterocycles. The first-order valence-corrected chi connectivity index (χ1v) is 10.5. The minimum absolute atomic E-state index is 0.0557. The third kappa shape index (κ3) is 5.56. The third-order valence-corrected chi connectivity index (χ3v) is 5.50. The van der Waals surface area contributed by atoms with E-state index in [0.717, 1.165) is 5.56 Å². The fraction of sp³-hybridized carbons (Fsp3) is 0.208. The Balaban J connectivity index is 1.92. The average Bonchev–Trinajstić information content (AvgIpc) is 2.84. The van der Waals surface area contributed by atoms with E-state index < -0.39 is 5.97 Å². The molecule has 33 heavy (non-hydrogen) atoms. The lowest BCUT2D eigenvalue weighted by Gasteiger charge is -2.17. The van der Waals surface area contributed by atoms with Gasteiger partial charge in [-0.05, 0) is 29.8 Å². The lowest BCUT2D eigenvalue weighted by molar-refractivity contribution is 0.0600. The van der Waals surface area contributed by atoms with Crippen molar-refractivity contribution < 1.29 is 28.5 Å². The Morgan fingerprint density at radius 1 is 0.879 bits per heavy atom. The smallest absolute Gasteiger partial charge is 0.337 e. The molecule has 1 heterocycles. The molecule has 3 aromatic rings. The molecule has 0 aliphatic carbocycles. The van der Waals surface area contributed by atoms with Crippen molar-refractivity contribution >= 4 is 35.0 Å². The second kappa shape index (κ2) is 11.0. The molecule has 0 amide bonds. The van der Waals surface area contributed by atoms with E-state index >= 15 is 0 Å². The van der Waals surface area contributed by atoms with Crippen molar-refractivity contribution in [2.45, 2.75) is 13.0 Å². The summed E-state index contributed by atoms with van der Waals surface area (Å²) in [4.78, 5) is 28.7. The summed E-state index contributed by atoms with van der Waals surface area (Å²) in [6.45, 7) is 0.113. The summed E-state index contributed by atoms with van der Waals surface area (Å²) in [7, 11) is 4.27. The molecule has 1 aromatic heterocycles. The molecule has 0 N–H and O–H groups in total. The number of ether oxygens (including phenoxy) is 4. The van der Waals surface area contributed by atoms with E-state index in [-0.39, 0.29) is 35.9 Å². The van der Waals surface area contributed by atoms with Crippen LogP contribution in [0.2, 0.25) is 10.0 Å². The van der Waals surface area contributed by atoms with Gasteiger partial charge in [0.25, 0.3) is 0 Å². The lowest BCUT2D eigenvalue weighted by atomic mass is 10.0. The Morgan fingerprint density at radius 2 is 1.55 bits per heavy atom. The first-order chi connectivity index (χ1) is 15.9. The zero-order chi connectivity index (χ0) is 24.0. The molecule has 0 atom stereocenters. The summed E-state index contributed by atoms with van der Waals surface area (Å²) in [5, 5.41) is 0.592. The molecule has 0 spiro atoms. The Bertz CT molecular complexity index is 1140. The highest BCUT2D eigenvalue weighted by Crippen LogP contribution is 2.41. The van der Waals surface area contributed by atoms with Crippen molar-refractivity contribution in [2.75, 3.05) is 21.3 Å². The highest BCUT2D eigenvalue weighted by Gasteiger charge is 2.23. The van der Waals surface area contributed by atoms with Gasteiger partial charge in [0.15, 0.2) is 17.3 Å². The Morgan fingerprint density at radius 3 is 2.12 bits per heavy atom. The second-order valence-corrected chi connectivity index (χ2v) is 7.65. The van der Waals surface area contributed by atoms with E-state index in [0.29, 0.717) is 26.9 Å². The van der Waals surface area contributed by atoms with Crippen molar-refractivity contribution in [3.8, 4) is 17.2 Å². The molecule has 0 radical (unpaired) electrons. The van der Waals surface area contributed by atoms with Gasteiger partial charge in [-0.1, -0.05) is 35.3 Å². The topological polar surface area (TPSA) is 84.0 Å². The fourth-order valence-electron chi connectivity index (χ4n) is 3.13. The quantitative estimate of drug-likeness (QED) is 0.301. The minimum Gasteiger partial charge on any atom is -0.493 e. The van der Waals surface area contributed by atoms with Crippen LogP contribution in [0.15, 0.2) is 48.8 Å². The first-order valence-electron chi connectivity index (χ1n) is 9.75. The van der Waals surface area contributed by atoms with Gasteiger partial charge >= 0.3 is 5.97 Å². The number of hydrogen-bond donors (Lipinski definition) is 0. The number of benzene rings is 2. The first kappa shape index (κ1) is 24.4. The number of halogens is 2. The number of hydrogen-bond acceptors (Lipinski definition) is 7. The molecular formula is C24H21Cl2NO6. The number of Topliss-reactive ketones (excluding diaryl/α,β-unsaturated/α-hetero) is 1. The number of rotatable bonds is 9. The Hall–Kier alpha value is -3.29. The molecule has 0 bridgehead atoms. The van der Waals surface area contributed by atoms with Crippen LogP contribution >= 0.6 is 23.2 Å². The van der Waals surface area contributed by atoms with E-state index in [2.05, 4.69) is 4.98 Å². The predicted octanol–water partition coefficient (Wildman–Crippen LogP) is 5.20. The van der Waals surface area contributed by atoms with Gasteiger partial charge in [-0.25, -0.2) is 4.79 Å². The van der Waals surface area contributed by atoms with Crippen LogP contribution in [0.4, 0.5) is 0 Å². The fourth-order valence-corrected chi connectivity index (χ4v) is 3.63. The summed E-state index contributed by atoms with van der Waals surface area (Å²) < 4.78 is 21.6. The zero-order valence-corrected chi connectivity index (χ0v) is 19.7. The van der Waals surface area contributed by atoms with Gasteiger partial charge in [0.2, 0.25) is 5.75 Å². The van der Waals surface area contributed by atoms with Crippen molar-refractivity contribution in [3.05, 3.63) is 81.1 Å². The lowest BCUT2D eigenvalue weighted by Crippen LogP contribution is -2.10. The Kier molecular flexibility index (Phi) is 8.14. The summed E-state index contributed by atoms with van der Waals surface area (Å²) in [5.41, 5.74) is 1.94. The van der Waals surface area contributed by atoms with Gasteiger partial charge in [-0.3, -0.25) is 9.78 Å². The van der Waals surface area contributed by atoms with Gasteiger partial charge < -0.3 is 18.9 Å². The van der Waals surface area contributed by atoms with Crippen LogP contribution < -0.4 is 14.2 Å². The molecule has 2 aromatic carbocycles. The van der Waals surface area contributed by atoms with E-state index in [1.54, 1.807) is 36.4 Å². The van der Waals surface area contributed by atoms with Gasteiger partial charge in [0.05, 0.1) is 42.5 Å². The predicted molar refractivity (Wildman–Crippen MR) is 124 cm³/mol. The summed E-state index contributed by atoms with van der Waals surface area (Å²) >= 11 is 12.4. The van der Waals surface area contributed by atoms with Crippen LogP contribution in [-0.2, 0) is 17.8 Å². The minimum atomic E-state index is -0.432. The zero-order valence-electron chi connectivity index (χ0n) is 18.2. The number of ketones is 1. The van der Waals surface area contributed by atoms with E-state index in [9.17, 15) is 9.59 Å².